The van der Waals surface area contributed by atoms with Gasteiger partial charge in [0.05, 0.1) is 6.04 Å². The van der Waals surface area contributed by atoms with E-state index in [0.29, 0.717) is 17.8 Å². The first kappa shape index (κ1) is 18.7. The SMILES string of the molecule is Cc1ccc(C(=O)Nc2cccc(CNC(=O)[C@@H](N)C(C)C)c2)cc1. The van der Waals surface area contributed by atoms with E-state index in [1.54, 1.807) is 12.1 Å². The molecule has 2 aromatic rings. The summed E-state index contributed by atoms with van der Waals surface area (Å²) in [7, 11) is 0. The van der Waals surface area contributed by atoms with Crippen molar-refractivity contribution < 1.29 is 9.59 Å². The molecule has 2 aromatic carbocycles. The summed E-state index contributed by atoms with van der Waals surface area (Å²) in [5.41, 5.74) is 9.12. The third-order valence-corrected chi connectivity index (χ3v) is 3.99. The highest BCUT2D eigenvalue weighted by molar-refractivity contribution is 6.04. The molecule has 0 saturated heterocycles. The van der Waals surface area contributed by atoms with Crippen LogP contribution in [0.1, 0.15) is 35.3 Å². The maximum absolute atomic E-state index is 12.3. The predicted octanol–water partition coefficient (Wildman–Crippen LogP) is 2.85. The molecule has 2 rings (SSSR count). The van der Waals surface area contributed by atoms with Crippen LogP contribution in [0.4, 0.5) is 5.69 Å². The van der Waals surface area contributed by atoms with Crippen molar-refractivity contribution in [3.63, 3.8) is 0 Å². The normalized spacial score (nSPS) is 11.9. The maximum Gasteiger partial charge on any atom is 0.255 e. The summed E-state index contributed by atoms with van der Waals surface area (Å²) in [5, 5.41) is 5.69. The molecule has 4 N–H and O–H groups in total. The molecular formula is C20H25N3O2. The molecule has 0 bridgehead atoms. The van der Waals surface area contributed by atoms with Gasteiger partial charge in [0.1, 0.15) is 0 Å². The van der Waals surface area contributed by atoms with Crippen molar-refractivity contribution in [2.24, 2.45) is 11.7 Å². The van der Waals surface area contributed by atoms with Crippen LogP contribution in [0.25, 0.3) is 0 Å². The molecular weight excluding hydrogens is 314 g/mol. The summed E-state index contributed by atoms with van der Waals surface area (Å²) >= 11 is 0. The van der Waals surface area contributed by atoms with E-state index < -0.39 is 6.04 Å². The van der Waals surface area contributed by atoms with Gasteiger partial charge in [-0.1, -0.05) is 43.7 Å². The van der Waals surface area contributed by atoms with Gasteiger partial charge in [0.2, 0.25) is 5.91 Å². The molecule has 0 aromatic heterocycles. The molecule has 0 unspecified atom stereocenters. The van der Waals surface area contributed by atoms with E-state index in [1.165, 1.54) is 0 Å². The molecule has 25 heavy (non-hydrogen) atoms. The molecule has 5 nitrogen and oxygen atoms in total. The number of aryl methyl sites for hydroxylation is 1. The van der Waals surface area contributed by atoms with Crippen LogP contribution in [0.5, 0.6) is 0 Å². The second-order valence-electron chi connectivity index (χ2n) is 6.51. The quantitative estimate of drug-likeness (QED) is 0.756. The standard InChI is InChI=1S/C20H25N3O2/c1-13(2)18(21)20(25)22-12-15-5-4-6-17(11-15)23-19(24)16-9-7-14(3)8-10-16/h4-11,13,18H,12,21H2,1-3H3,(H,22,25)(H,23,24)/t18-/m0/s1. The van der Waals surface area contributed by atoms with Crippen molar-refractivity contribution >= 4 is 17.5 Å². The Balaban J connectivity index is 1.97. The lowest BCUT2D eigenvalue weighted by molar-refractivity contribution is -0.123. The number of benzene rings is 2. The van der Waals surface area contributed by atoms with Gasteiger partial charge in [-0.15, -0.1) is 0 Å². The zero-order valence-corrected chi connectivity index (χ0v) is 14.9. The smallest absolute Gasteiger partial charge is 0.255 e. The number of carbonyl (C=O) groups excluding carboxylic acids is 2. The highest BCUT2D eigenvalue weighted by Crippen LogP contribution is 2.13. The molecule has 0 aliphatic rings. The zero-order valence-electron chi connectivity index (χ0n) is 14.9. The molecule has 0 aliphatic carbocycles. The molecule has 2 amide bonds. The third kappa shape index (κ3) is 5.43. The van der Waals surface area contributed by atoms with Crippen LogP contribution in [-0.2, 0) is 11.3 Å². The van der Waals surface area contributed by atoms with Crippen LogP contribution >= 0.6 is 0 Å². The number of nitrogens with two attached hydrogens (primary N) is 1. The fourth-order valence-corrected chi connectivity index (χ4v) is 2.28. The van der Waals surface area contributed by atoms with Crippen LogP contribution in [0.3, 0.4) is 0 Å². The monoisotopic (exact) mass is 339 g/mol. The largest absolute Gasteiger partial charge is 0.351 e. The second-order valence-corrected chi connectivity index (χ2v) is 6.51. The van der Waals surface area contributed by atoms with Crippen molar-refractivity contribution in [2.45, 2.75) is 33.4 Å². The molecule has 0 radical (unpaired) electrons. The lowest BCUT2D eigenvalue weighted by Crippen LogP contribution is -2.43. The van der Waals surface area contributed by atoms with E-state index in [9.17, 15) is 9.59 Å². The number of amides is 2. The summed E-state index contributed by atoms with van der Waals surface area (Å²) in [6, 6.07) is 14.3. The van der Waals surface area contributed by atoms with Crippen LogP contribution in [-0.4, -0.2) is 17.9 Å². The van der Waals surface area contributed by atoms with Crippen molar-refractivity contribution in [1.82, 2.24) is 5.32 Å². The Labute approximate surface area is 148 Å². The van der Waals surface area contributed by atoms with E-state index in [-0.39, 0.29) is 17.7 Å². The minimum absolute atomic E-state index is 0.0835. The first-order valence-electron chi connectivity index (χ1n) is 8.37. The van der Waals surface area contributed by atoms with Crippen molar-refractivity contribution in [1.29, 1.82) is 0 Å². The van der Waals surface area contributed by atoms with Gasteiger partial charge in [-0.2, -0.15) is 0 Å². The van der Waals surface area contributed by atoms with Gasteiger partial charge in [0.25, 0.3) is 5.91 Å². The summed E-state index contributed by atoms with van der Waals surface area (Å²) in [5.74, 6) is -0.257. The van der Waals surface area contributed by atoms with Gasteiger partial charge in [0.15, 0.2) is 0 Å². The molecule has 0 spiro atoms. The van der Waals surface area contributed by atoms with Crippen LogP contribution in [0, 0.1) is 12.8 Å². The average molecular weight is 339 g/mol. The Morgan fingerprint density at radius 3 is 2.40 bits per heavy atom. The number of nitrogens with one attached hydrogen (secondary N) is 2. The summed E-state index contributed by atoms with van der Waals surface area (Å²) < 4.78 is 0. The Morgan fingerprint density at radius 2 is 1.76 bits per heavy atom. The van der Waals surface area contributed by atoms with E-state index in [0.717, 1.165) is 11.1 Å². The van der Waals surface area contributed by atoms with E-state index in [1.807, 2.05) is 57.2 Å². The minimum Gasteiger partial charge on any atom is -0.351 e. The van der Waals surface area contributed by atoms with Crippen LogP contribution in [0.2, 0.25) is 0 Å². The second kappa shape index (κ2) is 8.44. The number of rotatable bonds is 6. The maximum atomic E-state index is 12.3. The van der Waals surface area contributed by atoms with Gasteiger partial charge in [0, 0.05) is 17.8 Å². The van der Waals surface area contributed by atoms with Crippen LogP contribution < -0.4 is 16.4 Å². The molecule has 132 valence electrons. The van der Waals surface area contributed by atoms with Gasteiger partial charge in [-0.25, -0.2) is 0 Å². The first-order valence-corrected chi connectivity index (χ1v) is 8.37. The zero-order chi connectivity index (χ0) is 18.4. The van der Waals surface area contributed by atoms with Crippen molar-refractivity contribution in [2.75, 3.05) is 5.32 Å². The lowest BCUT2D eigenvalue weighted by Gasteiger charge is -2.15. The highest BCUT2D eigenvalue weighted by Gasteiger charge is 2.16. The summed E-state index contributed by atoms with van der Waals surface area (Å²) in [6.45, 7) is 6.16. The third-order valence-electron chi connectivity index (χ3n) is 3.99. The van der Waals surface area contributed by atoms with Crippen LogP contribution in [0.15, 0.2) is 48.5 Å². The number of hydrogen-bond donors (Lipinski definition) is 3. The predicted molar refractivity (Wildman–Crippen MR) is 100 cm³/mol. The Morgan fingerprint density at radius 1 is 1.08 bits per heavy atom. The number of hydrogen-bond acceptors (Lipinski definition) is 3. The molecule has 5 heteroatoms. The molecule has 0 saturated carbocycles. The van der Waals surface area contributed by atoms with Gasteiger partial charge in [-0.05, 0) is 42.7 Å². The van der Waals surface area contributed by atoms with Gasteiger partial charge >= 0.3 is 0 Å². The lowest BCUT2D eigenvalue weighted by atomic mass is 10.0. The first-order chi connectivity index (χ1) is 11.9. The molecule has 0 aliphatic heterocycles. The summed E-state index contributed by atoms with van der Waals surface area (Å²) in [4.78, 5) is 24.2. The van der Waals surface area contributed by atoms with Gasteiger partial charge < -0.3 is 16.4 Å². The molecule has 0 fully saturated rings. The molecule has 1 atom stereocenters. The van der Waals surface area contributed by atoms with E-state index in [4.69, 9.17) is 5.73 Å². The van der Waals surface area contributed by atoms with Crippen molar-refractivity contribution in [3.05, 3.63) is 65.2 Å². The topological polar surface area (TPSA) is 84.2 Å². The average Bonchev–Trinajstić information content (AvgIpc) is 2.59. The van der Waals surface area contributed by atoms with Crippen molar-refractivity contribution in [3.8, 4) is 0 Å². The Bertz CT molecular complexity index is 739. The summed E-state index contributed by atoms with van der Waals surface area (Å²) in [6.07, 6.45) is 0. The number of carbonyl (C=O) groups is 2. The fourth-order valence-electron chi connectivity index (χ4n) is 2.28. The molecule has 0 heterocycles. The van der Waals surface area contributed by atoms with E-state index in [2.05, 4.69) is 10.6 Å². The van der Waals surface area contributed by atoms with Gasteiger partial charge in [-0.3, -0.25) is 9.59 Å². The highest BCUT2D eigenvalue weighted by atomic mass is 16.2. The minimum atomic E-state index is -0.524. The Hall–Kier alpha value is -2.66. The van der Waals surface area contributed by atoms with E-state index >= 15 is 0 Å². The fraction of sp³-hybridized carbons (Fsp3) is 0.300. The number of anilines is 1. The Kier molecular flexibility index (Phi) is 6.31.